The smallest absolute Gasteiger partial charge is 0.239 e. The summed E-state index contributed by atoms with van der Waals surface area (Å²) in [6.07, 6.45) is 4.96. The fourth-order valence-electron chi connectivity index (χ4n) is 2.30. The number of carbonyl (C=O) groups is 1. The van der Waals surface area contributed by atoms with Crippen LogP contribution in [0.2, 0.25) is 0 Å². The maximum Gasteiger partial charge on any atom is 0.239 e. The minimum Gasteiger partial charge on any atom is -0.352 e. The second-order valence-electron chi connectivity index (χ2n) is 6.21. The first-order chi connectivity index (χ1) is 7.95. The topological polar surface area (TPSA) is 58.4 Å². The van der Waals surface area contributed by atoms with Gasteiger partial charge in [0.1, 0.15) is 0 Å². The average molecular weight is 239 g/mol. The molecule has 1 aliphatic carbocycles. The van der Waals surface area contributed by atoms with Gasteiger partial charge in [0.25, 0.3) is 0 Å². The molecule has 1 saturated heterocycles. The van der Waals surface area contributed by atoms with Gasteiger partial charge in [-0.05, 0) is 45.4 Å². The number of nitrogens with zero attached hydrogens (tertiary/aromatic N) is 1. The van der Waals surface area contributed by atoms with Gasteiger partial charge in [0.2, 0.25) is 5.91 Å². The summed E-state index contributed by atoms with van der Waals surface area (Å²) in [4.78, 5) is 14.3. The Morgan fingerprint density at radius 2 is 1.88 bits per heavy atom. The van der Waals surface area contributed by atoms with Crippen LogP contribution in [0.3, 0.4) is 0 Å². The molecule has 4 nitrogen and oxygen atoms in total. The van der Waals surface area contributed by atoms with Crippen LogP contribution in [0.15, 0.2) is 0 Å². The van der Waals surface area contributed by atoms with Gasteiger partial charge in [-0.25, -0.2) is 0 Å². The Morgan fingerprint density at radius 1 is 1.29 bits per heavy atom. The molecule has 1 amide bonds. The molecule has 0 unspecified atom stereocenters. The Balaban J connectivity index is 1.69. The average Bonchev–Trinajstić information content (AvgIpc) is 3.03. The molecule has 1 saturated carbocycles. The summed E-state index contributed by atoms with van der Waals surface area (Å²) in [7, 11) is 0. The van der Waals surface area contributed by atoms with E-state index >= 15 is 0 Å². The maximum absolute atomic E-state index is 11.8. The summed E-state index contributed by atoms with van der Waals surface area (Å²) < 4.78 is 0. The molecular formula is C13H25N3O. The Kier molecular flexibility index (Phi) is 3.73. The van der Waals surface area contributed by atoms with Gasteiger partial charge in [-0.15, -0.1) is 0 Å². The zero-order chi connectivity index (χ0) is 12.5. The summed E-state index contributed by atoms with van der Waals surface area (Å²) in [6.45, 7) is 7.01. The van der Waals surface area contributed by atoms with Gasteiger partial charge in [0.05, 0.1) is 5.54 Å². The highest BCUT2D eigenvalue weighted by molar-refractivity contribution is 5.85. The lowest BCUT2D eigenvalue weighted by atomic mass is 10.0. The zero-order valence-electron chi connectivity index (χ0n) is 11.0. The molecule has 0 atom stereocenters. The van der Waals surface area contributed by atoms with E-state index in [1.165, 1.54) is 19.4 Å². The van der Waals surface area contributed by atoms with Crippen molar-refractivity contribution in [1.82, 2.24) is 10.2 Å². The molecule has 2 fully saturated rings. The van der Waals surface area contributed by atoms with E-state index in [1.54, 1.807) is 13.8 Å². The first-order valence-corrected chi connectivity index (χ1v) is 6.77. The van der Waals surface area contributed by atoms with E-state index in [0.29, 0.717) is 6.04 Å². The van der Waals surface area contributed by atoms with Crippen molar-refractivity contribution in [1.29, 1.82) is 0 Å². The number of carbonyl (C=O) groups excluding carboxylic acids is 1. The van der Waals surface area contributed by atoms with Gasteiger partial charge >= 0.3 is 0 Å². The number of rotatable bonds is 4. The van der Waals surface area contributed by atoms with Crippen LogP contribution in [0.4, 0.5) is 0 Å². The van der Waals surface area contributed by atoms with E-state index < -0.39 is 5.54 Å². The number of nitrogens with one attached hydrogen (secondary N) is 1. The molecule has 0 spiro atoms. The molecule has 2 aliphatic rings. The predicted molar refractivity (Wildman–Crippen MR) is 68.6 cm³/mol. The molecular weight excluding hydrogens is 214 g/mol. The van der Waals surface area contributed by atoms with Gasteiger partial charge in [0.15, 0.2) is 0 Å². The first kappa shape index (κ1) is 12.8. The summed E-state index contributed by atoms with van der Waals surface area (Å²) in [5, 5.41) is 3.06. The molecule has 98 valence electrons. The van der Waals surface area contributed by atoms with Crippen LogP contribution in [0.25, 0.3) is 0 Å². The van der Waals surface area contributed by atoms with E-state index in [-0.39, 0.29) is 5.91 Å². The van der Waals surface area contributed by atoms with Crippen LogP contribution < -0.4 is 11.1 Å². The highest BCUT2D eigenvalue weighted by atomic mass is 16.2. The quantitative estimate of drug-likeness (QED) is 0.760. The lowest BCUT2D eigenvalue weighted by Gasteiger charge is -2.33. The number of hydrogen-bond acceptors (Lipinski definition) is 3. The highest BCUT2D eigenvalue weighted by Gasteiger charge is 2.29. The molecule has 2 rings (SSSR count). The fourth-order valence-corrected chi connectivity index (χ4v) is 2.30. The first-order valence-electron chi connectivity index (χ1n) is 6.77. The second kappa shape index (κ2) is 4.94. The Bertz CT molecular complexity index is 273. The predicted octanol–water partition coefficient (Wildman–Crippen LogP) is 0.714. The number of piperidine rings is 1. The van der Waals surface area contributed by atoms with E-state index in [2.05, 4.69) is 10.2 Å². The molecule has 4 heteroatoms. The Hall–Kier alpha value is -0.610. The van der Waals surface area contributed by atoms with Gasteiger partial charge in [-0.3, -0.25) is 4.79 Å². The molecule has 0 radical (unpaired) electrons. The monoisotopic (exact) mass is 239 g/mol. The zero-order valence-corrected chi connectivity index (χ0v) is 11.0. The Morgan fingerprint density at radius 3 is 2.35 bits per heavy atom. The lowest BCUT2D eigenvalue weighted by Crippen LogP contribution is -2.54. The number of amides is 1. The van der Waals surface area contributed by atoms with Crippen molar-refractivity contribution in [2.24, 2.45) is 11.7 Å². The summed E-state index contributed by atoms with van der Waals surface area (Å²) >= 11 is 0. The standard InChI is InChI=1S/C13H25N3O/c1-13(2,14)12(17)15-11-5-7-16(8-6-11)9-10-3-4-10/h10-11H,3-9,14H2,1-2H3,(H,15,17). The van der Waals surface area contributed by atoms with Crippen molar-refractivity contribution < 1.29 is 4.79 Å². The van der Waals surface area contributed by atoms with Crippen LogP contribution in [0, 0.1) is 5.92 Å². The summed E-state index contributed by atoms with van der Waals surface area (Å²) in [5.41, 5.74) is 5.02. The minimum absolute atomic E-state index is 0.0295. The molecule has 1 heterocycles. The summed E-state index contributed by atoms with van der Waals surface area (Å²) in [6, 6.07) is 0.320. The van der Waals surface area contributed by atoms with Crippen LogP contribution in [0.5, 0.6) is 0 Å². The van der Waals surface area contributed by atoms with Crippen LogP contribution in [-0.4, -0.2) is 42.0 Å². The van der Waals surface area contributed by atoms with Crippen LogP contribution >= 0.6 is 0 Å². The van der Waals surface area contributed by atoms with Gasteiger partial charge in [-0.2, -0.15) is 0 Å². The fraction of sp³-hybridized carbons (Fsp3) is 0.923. The summed E-state index contributed by atoms with van der Waals surface area (Å²) in [5.74, 6) is 0.933. The van der Waals surface area contributed by atoms with Crippen LogP contribution in [0.1, 0.15) is 39.5 Å². The molecule has 0 bridgehead atoms. The normalized spacial score (nSPS) is 23.7. The number of likely N-dealkylation sites (tertiary alicyclic amines) is 1. The lowest BCUT2D eigenvalue weighted by molar-refractivity contribution is -0.126. The molecule has 0 aromatic carbocycles. The molecule has 1 aliphatic heterocycles. The third kappa shape index (κ3) is 3.96. The minimum atomic E-state index is -0.759. The number of nitrogens with two attached hydrogens (primary N) is 1. The molecule has 17 heavy (non-hydrogen) atoms. The molecule has 0 aromatic rings. The van der Waals surface area contributed by atoms with E-state index in [4.69, 9.17) is 5.73 Å². The second-order valence-corrected chi connectivity index (χ2v) is 6.21. The molecule has 0 aromatic heterocycles. The van der Waals surface area contributed by atoms with Crippen LogP contribution in [-0.2, 0) is 4.79 Å². The molecule has 3 N–H and O–H groups in total. The van der Waals surface area contributed by atoms with Crippen molar-refractivity contribution in [3.8, 4) is 0 Å². The van der Waals surface area contributed by atoms with Crippen molar-refractivity contribution in [2.75, 3.05) is 19.6 Å². The van der Waals surface area contributed by atoms with Gasteiger partial charge < -0.3 is 16.0 Å². The van der Waals surface area contributed by atoms with E-state index in [1.807, 2.05) is 0 Å². The van der Waals surface area contributed by atoms with Gasteiger partial charge in [0, 0.05) is 25.7 Å². The van der Waals surface area contributed by atoms with Crippen molar-refractivity contribution in [3.63, 3.8) is 0 Å². The Labute approximate surface area is 104 Å². The van der Waals surface area contributed by atoms with Crippen molar-refractivity contribution in [3.05, 3.63) is 0 Å². The van der Waals surface area contributed by atoms with Crippen molar-refractivity contribution >= 4 is 5.91 Å². The SMILES string of the molecule is CC(C)(N)C(=O)NC1CCN(CC2CC2)CC1. The number of hydrogen-bond donors (Lipinski definition) is 2. The maximum atomic E-state index is 11.8. The third-order valence-corrected chi connectivity index (χ3v) is 3.72. The van der Waals surface area contributed by atoms with Crippen molar-refractivity contribution in [2.45, 2.75) is 51.1 Å². The van der Waals surface area contributed by atoms with E-state index in [0.717, 1.165) is 31.8 Å². The largest absolute Gasteiger partial charge is 0.352 e. The highest BCUT2D eigenvalue weighted by Crippen LogP contribution is 2.30. The van der Waals surface area contributed by atoms with E-state index in [9.17, 15) is 4.79 Å². The third-order valence-electron chi connectivity index (χ3n) is 3.72. The van der Waals surface area contributed by atoms with Gasteiger partial charge in [-0.1, -0.05) is 0 Å².